The van der Waals surface area contributed by atoms with E-state index >= 15 is 0 Å². The highest BCUT2D eigenvalue weighted by Crippen LogP contribution is 2.33. The van der Waals surface area contributed by atoms with Crippen LogP contribution >= 0.6 is 11.8 Å². The van der Waals surface area contributed by atoms with E-state index in [4.69, 9.17) is 5.73 Å². The van der Waals surface area contributed by atoms with Crippen LogP contribution in [0, 0.1) is 0 Å². The molecule has 0 saturated carbocycles. The molecule has 0 atom stereocenters. The third kappa shape index (κ3) is 3.19. The number of thioether (sulfide) groups is 1. The summed E-state index contributed by atoms with van der Waals surface area (Å²) in [6, 6.07) is 15.8. The largest absolute Gasteiger partial charge is 0.399 e. The second kappa shape index (κ2) is 7.65. The fourth-order valence-corrected chi connectivity index (χ4v) is 5.06. The first-order valence-electron chi connectivity index (χ1n) is 10.2. The maximum absolute atomic E-state index is 13.3. The van der Waals surface area contributed by atoms with Crippen LogP contribution in [0.1, 0.15) is 28.9 Å². The first-order chi connectivity index (χ1) is 14.6. The fraction of sp³-hybridized carbons (Fsp3) is 0.261. The normalized spacial score (nSPS) is 13.5. The first kappa shape index (κ1) is 18.9. The number of rotatable bonds is 4. The molecule has 1 aliphatic carbocycles. The lowest BCUT2D eigenvalue weighted by molar-refractivity contribution is 0.0943. The van der Waals surface area contributed by atoms with Gasteiger partial charge in [-0.3, -0.25) is 9.36 Å². The number of hydrogen-bond acceptors (Lipinski definition) is 5. The van der Waals surface area contributed by atoms with E-state index in [9.17, 15) is 4.79 Å². The van der Waals surface area contributed by atoms with Gasteiger partial charge in [-0.25, -0.2) is 0 Å². The summed E-state index contributed by atoms with van der Waals surface area (Å²) in [4.78, 5) is 13.3. The van der Waals surface area contributed by atoms with Crippen molar-refractivity contribution >= 4 is 34.3 Å². The second-order valence-electron chi connectivity index (χ2n) is 7.65. The van der Waals surface area contributed by atoms with Crippen LogP contribution in [0.5, 0.6) is 0 Å². The molecular formula is C23H23N5OS. The lowest BCUT2D eigenvalue weighted by atomic mass is 9.96. The molecule has 2 N–H and O–H groups in total. The molecule has 0 aliphatic heterocycles. The summed E-state index contributed by atoms with van der Waals surface area (Å²) in [6.07, 6.45) is 4.35. The highest BCUT2D eigenvalue weighted by molar-refractivity contribution is 7.99. The van der Waals surface area contributed by atoms with Gasteiger partial charge in [0.1, 0.15) is 0 Å². The van der Waals surface area contributed by atoms with E-state index in [0.29, 0.717) is 11.4 Å². The molecular weight excluding hydrogens is 394 g/mol. The van der Waals surface area contributed by atoms with Crippen molar-refractivity contribution in [2.75, 3.05) is 11.5 Å². The van der Waals surface area contributed by atoms with Crippen LogP contribution < -0.4 is 5.73 Å². The molecule has 0 bridgehead atoms. The Morgan fingerprint density at radius 3 is 2.67 bits per heavy atom. The molecule has 7 heteroatoms. The Kier molecular flexibility index (Phi) is 4.83. The number of carbonyl (C=O) groups is 1. The predicted octanol–water partition coefficient (Wildman–Crippen LogP) is 4.33. The SMILES string of the molecule is Cn1c(SCC(=O)n2c3c(c4ccccc42)CCCC3)nnc1-c1ccc(N)cc1. The molecule has 0 saturated heterocycles. The Bertz CT molecular complexity index is 1240. The highest BCUT2D eigenvalue weighted by atomic mass is 32.2. The first-order valence-corrected chi connectivity index (χ1v) is 11.1. The quantitative estimate of drug-likeness (QED) is 0.395. The van der Waals surface area contributed by atoms with Crippen LogP contribution in [0.15, 0.2) is 53.7 Å². The Balaban J connectivity index is 1.41. The van der Waals surface area contributed by atoms with Crippen molar-refractivity contribution in [2.24, 2.45) is 7.05 Å². The molecule has 4 aromatic rings. The van der Waals surface area contributed by atoms with Crippen molar-refractivity contribution in [3.05, 3.63) is 59.8 Å². The Hall–Kier alpha value is -3.06. The molecule has 0 unspecified atom stereocenters. The topological polar surface area (TPSA) is 78.7 Å². The summed E-state index contributed by atoms with van der Waals surface area (Å²) >= 11 is 1.43. The molecule has 2 aromatic heterocycles. The van der Waals surface area contributed by atoms with Crippen LogP contribution in [-0.4, -0.2) is 31.0 Å². The van der Waals surface area contributed by atoms with Gasteiger partial charge in [0.25, 0.3) is 0 Å². The number of aromatic nitrogens is 4. The number of hydrogen-bond donors (Lipinski definition) is 1. The molecule has 0 amide bonds. The number of fused-ring (bicyclic) bond motifs is 3. The summed E-state index contributed by atoms with van der Waals surface area (Å²) in [5, 5.41) is 10.6. The molecule has 6 nitrogen and oxygen atoms in total. The van der Waals surface area contributed by atoms with E-state index in [1.165, 1.54) is 34.8 Å². The zero-order valence-electron chi connectivity index (χ0n) is 16.8. The van der Waals surface area contributed by atoms with Crippen molar-refractivity contribution in [1.82, 2.24) is 19.3 Å². The second-order valence-corrected chi connectivity index (χ2v) is 8.60. The lowest BCUT2D eigenvalue weighted by Crippen LogP contribution is -2.18. The minimum Gasteiger partial charge on any atom is -0.399 e. The number of carbonyl (C=O) groups excluding carboxylic acids is 1. The van der Waals surface area contributed by atoms with Gasteiger partial charge in [-0.05, 0) is 61.6 Å². The average Bonchev–Trinajstić information content (AvgIpc) is 3.30. The molecule has 0 radical (unpaired) electrons. The van der Waals surface area contributed by atoms with Gasteiger partial charge < -0.3 is 10.3 Å². The van der Waals surface area contributed by atoms with Gasteiger partial charge in [-0.15, -0.1) is 10.2 Å². The van der Waals surface area contributed by atoms with E-state index in [1.54, 1.807) is 0 Å². The maximum Gasteiger partial charge on any atom is 0.241 e. The number of aryl methyl sites for hydroxylation is 1. The van der Waals surface area contributed by atoms with Gasteiger partial charge in [0.05, 0.1) is 11.3 Å². The van der Waals surface area contributed by atoms with Crippen LogP contribution in [-0.2, 0) is 19.9 Å². The fourth-order valence-electron chi connectivity index (χ4n) is 4.30. The predicted molar refractivity (Wildman–Crippen MR) is 121 cm³/mol. The number of anilines is 1. The Morgan fingerprint density at radius 1 is 1.07 bits per heavy atom. The van der Waals surface area contributed by atoms with Crippen LogP contribution in [0.25, 0.3) is 22.3 Å². The van der Waals surface area contributed by atoms with E-state index in [-0.39, 0.29) is 5.91 Å². The van der Waals surface area contributed by atoms with Gasteiger partial charge in [0, 0.05) is 29.4 Å². The monoisotopic (exact) mass is 417 g/mol. The zero-order chi connectivity index (χ0) is 20.7. The third-order valence-electron chi connectivity index (χ3n) is 5.76. The Labute approximate surface area is 179 Å². The number of benzene rings is 2. The highest BCUT2D eigenvalue weighted by Gasteiger charge is 2.23. The van der Waals surface area contributed by atoms with E-state index < -0.39 is 0 Å². The van der Waals surface area contributed by atoms with Gasteiger partial charge in [0.2, 0.25) is 5.91 Å². The maximum atomic E-state index is 13.3. The van der Waals surface area contributed by atoms with Crippen molar-refractivity contribution in [3.63, 3.8) is 0 Å². The third-order valence-corrected chi connectivity index (χ3v) is 6.76. The van der Waals surface area contributed by atoms with Gasteiger partial charge in [0.15, 0.2) is 11.0 Å². The average molecular weight is 418 g/mol. The molecule has 152 valence electrons. The molecule has 2 heterocycles. The van der Waals surface area contributed by atoms with Crippen molar-refractivity contribution in [3.8, 4) is 11.4 Å². The number of nitrogens with two attached hydrogens (primary N) is 1. The molecule has 1 aliphatic rings. The van der Waals surface area contributed by atoms with Gasteiger partial charge in [-0.2, -0.15) is 0 Å². The number of para-hydroxylation sites is 1. The summed E-state index contributed by atoms with van der Waals surface area (Å²) in [5.41, 5.74) is 11.0. The van der Waals surface area contributed by atoms with Gasteiger partial charge >= 0.3 is 0 Å². The van der Waals surface area contributed by atoms with Crippen LogP contribution in [0.3, 0.4) is 0 Å². The lowest BCUT2D eigenvalue weighted by Gasteiger charge is -2.15. The Morgan fingerprint density at radius 2 is 1.83 bits per heavy atom. The number of nitrogens with zero attached hydrogens (tertiary/aromatic N) is 4. The zero-order valence-corrected chi connectivity index (χ0v) is 17.7. The van der Waals surface area contributed by atoms with Crippen molar-refractivity contribution < 1.29 is 4.79 Å². The smallest absolute Gasteiger partial charge is 0.241 e. The van der Waals surface area contributed by atoms with E-state index in [0.717, 1.165) is 41.3 Å². The summed E-state index contributed by atoms with van der Waals surface area (Å²) in [6.45, 7) is 0. The molecule has 0 spiro atoms. The van der Waals surface area contributed by atoms with Crippen molar-refractivity contribution in [1.29, 1.82) is 0 Å². The molecule has 2 aromatic carbocycles. The van der Waals surface area contributed by atoms with Crippen LogP contribution in [0.2, 0.25) is 0 Å². The standard InChI is InChI=1S/C23H23N5OS/c1-27-22(15-10-12-16(24)13-11-15)25-26-23(27)30-14-21(29)28-19-8-4-2-6-17(19)18-7-3-5-9-20(18)28/h2,4,6,8,10-13H,3,5,7,9,14,24H2,1H3. The number of nitrogen functional groups attached to an aromatic ring is 1. The molecule has 30 heavy (non-hydrogen) atoms. The van der Waals surface area contributed by atoms with Crippen molar-refractivity contribution in [2.45, 2.75) is 30.8 Å². The molecule has 0 fully saturated rings. The minimum absolute atomic E-state index is 0.0939. The minimum atomic E-state index is 0.0939. The summed E-state index contributed by atoms with van der Waals surface area (Å²) in [7, 11) is 1.92. The van der Waals surface area contributed by atoms with Gasteiger partial charge in [-0.1, -0.05) is 30.0 Å². The summed E-state index contributed by atoms with van der Waals surface area (Å²) in [5.74, 6) is 1.17. The summed E-state index contributed by atoms with van der Waals surface area (Å²) < 4.78 is 3.86. The molecule has 5 rings (SSSR count). The van der Waals surface area contributed by atoms with E-state index in [2.05, 4.69) is 28.4 Å². The van der Waals surface area contributed by atoms with Crippen LogP contribution in [0.4, 0.5) is 5.69 Å². The van der Waals surface area contributed by atoms with E-state index in [1.807, 2.05) is 46.5 Å².